The van der Waals surface area contributed by atoms with Crippen molar-refractivity contribution in [1.29, 1.82) is 0 Å². The molecule has 1 aromatic rings. The summed E-state index contributed by atoms with van der Waals surface area (Å²) in [4.78, 5) is 12.1. The SMILES string of the molecule is Cc1cc(C)cc(OCCCSC(C)C(=O)NC2CCCC2)c1. The van der Waals surface area contributed by atoms with Crippen molar-refractivity contribution in [3.63, 3.8) is 0 Å². The number of carbonyl (C=O) groups is 1. The first-order valence-electron chi connectivity index (χ1n) is 8.67. The van der Waals surface area contributed by atoms with Crippen molar-refractivity contribution in [2.45, 2.75) is 64.2 Å². The maximum absolute atomic E-state index is 12.1. The molecule has 1 amide bonds. The van der Waals surface area contributed by atoms with Crippen LogP contribution in [0.2, 0.25) is 0 Å². The molecule has 1 aliphatic rings. The first-order valence-corrected chi connectivity index (χ1v) is 9.72. The number of rotatable bonds is 8. The number of benzene rings is 1. The normalized spacial score (nSPS) is 16.3. The third-order valence-electron chi connectivity index (χ3n) is 4.19. The van der Waals surface area contributed by atoms with Crippen LogP contribution >= 0.6 is 11.8 Å². The van der Waals surface area contributed by atoms with E-state index in [9.17, 15) is 4.79 Å². The quantitative estimate of drug-likeness (QED) is 0.722. The van der Waals surface area contributed by atoms with Crippen molar-refractivity contribution in [3.05, 3.63) is 29.3 Å². The number of nitrogens with one attached hydrogen (secondary N) is 1. The topological polar surface area (TPSA) is 38.3 Å². The summed E-state index contributed by atoms with van der Waals surface area (Å²) in [6.07, 6.45) is 5.75. The highest BCUT2D eigenvalue weighted by atomic mass is 32.2. The lowest BCUT2D eigenvalue weighted by molar-refractivity contribution is -0.120. The van der Waals surface area contributed by atoms with Gasteiger partial charge in [0.25, 0.3) is 0 Å². The third kappa shape index (κ3) is 6.46. The largest absolute Gasteiger partial charge is 0.494 e. The Morgan fingerprint density at radius 2 is 1.91 bits per heavy atom. The summed E-state index contributed by atoms with van der Waals surface area (Å²) in [5, 5.41) is 3.19. The predicted molar refractivity (Wildman–Crippen MR) is 98.3 cm³/mol. The second kappa shape index (κ2) is 9.21. The molecule has 0 aliphatic heterocycles. The molecule has 1 unspecified atom stereocenters. The first-order chi connectivity index (χ1) is 11.0. The molecule has 3 nitrogen and oxygen atoms in total. The van der Waals surface area contributed by atoms with Gasteiger partial charge in [-0.2, -0.15) is 0 Å². The van der Waals surface area contributed by atoms with E-state index >= 15 is 0 Å². The molecule has 0 bridgehead atoms. The van der Waals surface area contributed by atoms with Crippen LogP contribution in [0.1, 0.15) is 50.2 Å². The summed E-state index contributed by atoms with van der Waals surface area (Å²) in [5.74, 6) is 2.08. The Bertz CT molecular complexity index is 492. The van der Waals surface area contributed by atoms with Crippen LogP contribution in [0.5, 0.6) is 5.75 Å². The van der Waals surface area contributed by atoms with Gasteiger partial charge in [0.1, 0.15) is 5.75 Å². The van der Waals surface area contributed by atoms with Crippen LogP contribution < -0.4 is 10.1 Å². The minimum atomic E-state index is 0.0248. The van der Waals surface area contributed by atoms with Crippen LogP contribution in [0, 0.1) is 13.8 Å². The number of ether oxygens (including phenoxy) is 1. The van der Waals surface area contributed by atoms with Gasteiger partial charge in [-0.05, 0) is 69.0 Å². The highest BCUT2D eigenvalue weighted by molar-refractivity contribution is 8.00. The summed E-state index contributed by atoms with van der Waals surface area (Å²) < 4.78 is 5.80. The number of aryl methyl sites for hydroxylation is 2. The molecule has 128 valence electrons. The molecule has 1 N–H and O–H groups in total. The van der Waals surface area contributed by atoms with Crippen molar-refractivity contribution >= 4 is 17.7 Å². The lowest BCUT2D eigenvalue weighted by Gasteiger charge is -2.16. The van der Waals surface area contributed by atoms with Crippen LogP contribution in [0.4, 0.5) is 0 Å². The van der Waals surface area contributed by atoms with E-state index in [0.29, 0.717) is 12.6 Å². The average Bonchev–Trinajstić information content (AvgIpc) is 2.98. The monoisotopic (exact) mass is 335 g/mol. The van der Waals surface area contributed by atoms with Gasteiger partial charge in [0, 0.05) is 6.04 Å². The molecule has 1 fully saturated rings. The number of hydrogen-bond donors (Lipinski definition) is 1. The lowest BCUT2D eigenvalue weighted by atomic mass is 10.1. The van der Waals surface area contributed by atoms with Crippen molar-refractivity contribution in [2.75, 3.05) is 12.4 Å². The van der Waals surface area contributed by atoms with Gasteiger partial charge >= 0.3 is 0 Å². The fourth-order valence-corrected chi connectivity index (χ4v) is 3.85. The second-order valence-corrected chi connectivity index (χ2v) is 7.98. The van der Waals surface area contributed by atoms with Gasteiger partial charge < -0.3 is 10.1 Å². The molecule has 0 radical (unpaired) electrons. The lowest BCUT2D eigenvalue weighted by Crippen LogP contribution is -2.37. The Kier molecular flexibility index (Phi) is 7.28. The van der Waals surface area contributed by atoms with Gasteiger partial charge in [-0.15, -0.1) is 11.8 Å². The molecule has 1 saturated carbocycles. The van der Waals surface area contributed by atoms with Gasteiger partial charge in [-0.25, -0.2) is 0 Å². The Balaban J connectivity index is 1.59. The Morgan fingerprint density at radius 3 is 2.57 bits per heavy atom. The Morgan fingerprint density at radius 1 is 1.26 bits per heavy atom. The summed E-state index contributed by atoms with van der Waals surface area (Å²) in [7, 11) is 0. The fourth-order valence-electron chi connectivity index (χ4n) is 2.99. The van der Waals surface area contributed by atoms with Gasteiger partial charge in [-0.1, -0.05) is 18.9 Å². The summed E-state index contributed by atoms with van der Waals surface area (Å²) in [6, 6.07) is 6.70. The molecule has 0 spiro atoms. The summed E-state index contributed by atoms with van der Waals surface area (Å²) in [5.41, 5.74) is 2.46. The minimum absolute atomic E-state index is 0.0248. The van der Waals surface area contributed by atoms with Crippen molar-refractivity contribution in [1.82, 2.24) is 5.32 Å². The smallest absolute Gasteiger partial charge is 0.233 e. The van der Waals surface area contributed by atoms with Crippen LogP contribution in [-0.4, -0.2) is 29.6 Å². The number of thioether (sulfide) groups is 1. The predicted octanol–water partition coefficient (Wildman–Crippen LogP) is 4.25. The van der Waals surface area contributed by atoms with Crippen molar-refractivity contribution in [2.24, 2.45) is 0 Å². The molecule has 1 aromatic carbocycles. The van der Waals surface area contributed by atoms with Gasteiger partial charge in [-0.3, -0.25) is 4.79 Å². The molecule has 1 atom stereocenters. The van der Waals surface area contributed by atoms with Crippen LogP contribution in [0.15, 0.2) is 18.2 Å². The molecule has 1 aliphatic carbocycles. The maximum Gasteiger partial charge on any atom is 0.233 e. The fraction of sp³-hybridized carbons (Fsp3) is 0.632. The van der Waals surface area contributed by atoms with Crippen molar-refractivity contribution in [3.8, 4) is 5.75 Å². The van der Waals surface area contributed by atoms with E-state index in [-0.39, 0.29) is 11.2 Å². The standard InChI is InChI=1S/C19H29NO2S/c1-14-11-15(2)13-18(12-14)22-9-6-10-23-16(3)19(21)20-17-7-4-5-8-17/h11-13,16-17H,4-10H2,1-3H3,(H,20,21). The molecule has 0 saturated heterocycles. The zero-order chi connectivity index (χ0) is 16.7. The summed E-state index contributed by atoms with van der Waals surface area (Å²) in [6.45, 7) is 6.87. The van der Waals surface area contributed by atoms with E-state index in [1.807, 2.05) is 6.92 Å². The second-order valence-electron chi connectivity index (χ2n) is 6.53. The number of carbonyl (C=O) groups excluding carboxylic acids is 1. The van der Waals surface area contributed by atoms with Gasteiger partial charge in [0.2, 0.25) is 5.91 Å². The Hall–Kier alpha value is -1.16. The molecule has 23 heavy (non-hydrogen) atoms. The maximum atomic E-state index is 12.1. The summed E-state index contributed by atoms with van der Waals surface area (Å²) >= 11 is 1.72. The first kappa shape index (κ1) is 18.2. The molecule has 2 rings (SSSR count). The third-order valence-corrected chi connectivity index (χ3v) is 5.43. The molecular formula is C19H29NO2S. The number of amides is 1. The van der Waals surface area contributed by atoms with Crippen LogP contribution in [-0.2, 0) is 4.79 Å². The van der Waals surface area contributed by atoms with E-state index in [4.69, 9.17) is 4.74 Å². The van der Waals surface area contributed by atoms with E-state index in [0.717, 1.165) is 30.8 Å². The molecule has 0 aromatic heterocycles. The Labute approximate surface area is 144 Å². The number of hydrogen-bond acceptors (Lipinski definition) is 3. The molecule has 4 heteroatoms. The highest BCUT2D eigenvalue weighted by Crippen LogP contribution is 2.20. The van der Waals surface area contributed by atoms with Crippen LogP contribution in [0.25, 0.3) is 0 Å². The molecule has 0 heterocycles. The van der Waals surface area contributed by atoms with Gasteiger partial charge in [0.15, 0.2) is 0 Å². The van der Waals surface area contributed by atoms with E-state index in [1.54, 1.807) is 11.8 Å². The minimum Gasteiger partial charge on any atom is -0.494 e. The van der Waals surface area contributed by atoms with E-state index < -0.39 is 0 Å². The zero-order valence-electron chi connectivity index (χ0n) is 14.6. The van der Waals surface area contributed by atoms with Crippen molar-refractivity contribution < 1.29 is 9.53 Å². The molecular weight excluding hydrogens is 306 g/mol. The van der Waals surface area contributed by atoms with Crippen LogP contribution in [0.3, 0.4) is 0 Å². The van der Waals surface area contributed by atoms with E-state index in [1.165, 1.54) is 24.0 Å². The zero-order valence-corrected chi connectivity index (χ0v) is 15.4. The van der Waals surface area contributed by atoms with E-state index in [2.05, 4.69) is 37.4 Å². The average molecular weight is 336 g/mol. The highest BCUT2D eigenvalue weighted by Gasteiger charge is 2.20. The van der Waals surface area contributed by atoms with Gasteiger partial charge in [0.05, 0.1) is 11.9 Å².